The van der Waals surface area contributed by atoms with Crippen LogP contribution in [0.4, 0.5) is 9.18 Å². The first kappa shape index (κ1) is 26.0. The molecule has 11 heteroatoms. The fourth-order valence-corrected chi connectivity index (χ4v) is 4.51. The summed E-state index contributed by atoms with van der Waals surface area (Å²) in [5.41, 5.74) is 1.37. The van der Waals surface area contributed by atoms with Gasteiger partial charge in [-0.25, -0.2) is 14.2 Å². The lowest BCUT2D eigenvalue weighted by atomic mass is 10.0. The van der Waals surface area contributed by atoms with Gasteiger partial charge in [-0.1, -0.05) is 26.0 Å². The van der Waals surface area contributed by atoms with Crippen molar-refractivity contribution in [1.29, 1.82) is 0 Å². The minimum Gasteiger partial charge on any atom is -0.491 e. The number of hydrogen-bond donors (Lipinski definition) is 4. The van der Waals surface area contributed by atoms with Crippen molar-refractivity contribution in [3.8, 4) is 17.0 Å². The van der Waals surface area contributed by atoms with E-state index in [0.29, 0.717) is 28.4 Å². The number of carbonyl (C=O) groups is 2. The maximum atomic E-state index is 14.5. The zero-order chi connectivity index (χ0) is 26.0. The molecule has 3 aromatic rings. The van der Waals surface area contributed by atoms with E-state index in [4.69, 9.17) is 9.84 Å². The van der Waals surface area contributed by atoms with E-state index in [1.807, 2.05) is 36.4 Å². The van der Waals surface area contributed by atoms with Gasteiger partial charge in [0.15, 0.2) is 0 Å². The number of rotatable bonds is 9. The van der Waals surface area contributed by atoms with Gasteiger partial charge in [-0.3, -0.25) is 9.69 Å². The third-order valence-corrected chi connectivity index (χ3v) is 6.52. The first-order valence-electron chi connectivity index (χ1n) is 11.3. The van der Waals surface area contributed by atoms with E-state index in [2.05, 4.69) is 15.3 Å². The summed E-state index contributed by atoms with van der Waals surface area (Å²) in [5.74, 6) is -0.167. The lowest BCUT2D eigenvalue weighted by molar-refractivity contribution is -0.130. The van der Waals surface area contributed by atoms with Gasteiger partial charge in [-0.2, -0.15) is 0 Å². The number of benzene rings is 2. The Hall–Kier alpha value is -3.03. The number of aliphatic hydroxyl groups excluding tert-OH is 2. The van der Waals surface area contributed by atoms with Crippen molar-refractivity contribution in [3.05, 3.63) is 69.4 Å². The smallest absolute Gasteiger partial charge is 0.325 e. The van der Waals surface area contributed by atoms with Crippen LogP contribution in [-0.2, 0) is 4.79 Å². The monoisotopic (exact) mass is 608 g/mol. The highest BCUT2D eigenvalue weighted by molar-refractivity contribution is 14.1. The number of nitrogens with zero attached hydrogens (tertiary/aromatic N) is 2. The van der Waals surface area contributed by atoms with Gasteiger partial charge in [-0.15, -0.1) is 0 Å². The van der Waals surface area contributed by atoms with Crippen LogP contribution in [0.1, 0.15) is 37.3 Å². The summed E-state index contributed by atoms with van der Waals surface area (Å²) in [4.78, 5) is 35.0. The minimum absolute atomic E-state index is 0.0734. The van der Waals surface area contributed by atoms with Crippen LogP contribution in [0.5, 0.6) is 5.75 Å². The molecule has 1 aliphatic rings. The molecule has 1 aromatic heterocycles. The fourth-order valence-electron chi connectivity index (χ4n) is 4.05. The Balaban J connectivity index is 1.55. The highest BCUT2D eigenvalue weighted by Crippen LogP contribution is 2.35. The van der Waals surface area contributed by atoms with Gasteiger partial charge in [0.25, 0.3) is 5.91 Å². The first-order valence-corrected chi connectivity index (χ1v) is 12.4. The van der Waals surface area contributed by atoms with E-state index < -0.39 is 42.6 Å². The number of aliphatic hydroxyl groups is 2. The maximum absolute atomic E-state index is 14.5. The van der Waals surface area contributed by atoms with Crippen molar-refractivity contribution in [2.45, 2.75) is 32.0 Å². The summed E-state index contributed by atoms with van der Waals surface area (Å²) in [6.45, 7) is 3.26. The van der Waals surface area contributed by atoms with E-state index in [1.165, 1.54) is 12.3 Å². The standard InChI is InChI=1S/C25H26FIN4O5/c1-13(2)22(23-28-10-20(29-23)18-8-5-15(27)9-19(18)26)31-24(34)21(30-25(31)35)14-3-6-17(7-4-14)36-12-16(33)11-32/h3-10,13,16,21-22,32-33H,11-12H2,1-2H3,(H,28,29)(H,30,35)/t16-,21?,22-/m1/s1. The molecule has 3 amide bonds. The van der Waals surface area contributed by atoms with Crippen LogP contribution < -0.4 is 10.1 Å². The number of halogens is 2. The molecule has 1 aliphatic heterocycles. The number of ether oxygens (including phenoxy) is 1. The summed E-state index contributed by atoms with van der Waals surface area (Å²) in [5, 5.41) is 21.0. The third-order valence-electron chi connectivity index (χ3n) is 5.84. The van der Waals surface area contributed by atoms with Crippen molar-refractivity contribution < 1.29 is 28.9 Å². The van der Waals surface area contributed by atoms with Gasteiger partial charge in [0, 0.05) is 9.13 Å². The number of hydrogen-bond acceptors (Lipinski definition) is 6. The highest BCUT2D eigenvalue weighted by Gasteiger charge is 2.45. The first-order chi connectivity index (χ1) is 17.2. The summed E-state index contributed by atoms with van der Waals surface area (Å²) >= 11 is 2.03. The molecule has 190 valence electrons. The number of nitrogens with one attached hydrogen (secondary N) is 2. The number of aromatic amines is 1. The maximum Gasteiger partial charge on any atom is 0.325 e. The number of imide groups is 1. The van der Waals surface area contributed by atoms with Crippen LogP contribution in [0.2, 0.25) is 0 Å². The van der Waals surface area contributed by atoms with Crippen molar-refractivity contribution in [2.24, 2.45) is 5.92 Å². The molecule has 36 heavy (non-hydrogen) atoms. The number of H-pyrrole nitrogens is 1. The predicted octanol–water partition coefficient (Wildman–Crippen LogP) is 3.54. The van der Waals surface area contributed by atoms with Crippen LogP contribution in [0, 0.1) is 15.3 Å². The summed E-state index contributed by atoms with van der Waals surface area (Å²) < 4.78 is 20.6. The average Bonchev–Trinajstić information content (AvgIpc) is 3.43. The molecule has 0 spiro atoms. The molecule has 0 radical (unpaired) electrons. The van der Waals surface area contributed by atoms with Crippen molar-refractivity contribution in [2.75, 3.05) is 13.2 Å². The Kier molecular flexibility index (Phi) is 7.91. The Morgan fingerprint density at radius 3 is 2.56 bits per heavy atom. The molecular weight excluding hydrogens is 582 g/mol. The molecule has 4 rings (SSSR count). The lowest BCUT2D eigenvalue weighted by Crippen LogP contribution is -2.38. The van der Waals surface area contributed by atoms with Crippen LogP contribution in [0.15, 0.2) is 48.7 Å². The van der Waals surface area contributed by atoms with Crippen molar-refractivity contribution >= 4 is 34.5 Å². The summed E-state index contributed by atoms with van der Waals surface area (Å²) in [7, 11) is 0. The average molecular weight is 608 g/mol. The van der Waals surface area contributed by atoms with E-state index in [-0.39, 0.29) is 12.5 Å². The number of urea groups is 1. The molecule has 4 N–H and O–H groups in total. The Morgan fingerprint density at radius 1 is 1.19 bits per heavy atom. The number of carbonyl (C=O) groups excluding carboxylic acids is 2. The summed E-state index contributed by atoms with van der Waals surface area (Å²) in [6.07, 6.45) is 0.504. The van der Waals surface area contributed by atoms with Crippen LogP contribution in [0.25, 0.3) is 11.3 Å². The largest absolute Gasteiger partial charge is 0.491 e. The fraction of sp³-hybridized carbons (Fsp3) is 0.320. The Labute approximate surface area is 220 Å². The molecule has 0 saturated carbocycles. The second kappa shape index (κ2) is 10.9. The van der Waals surface area contributed by atoms with Crippen LogP contribution in [-0.4, -0.2) is 56.3 Å². The van der Waals surface area contributed by atoms with Crippen LogP contribution in [0.3, 0.4) is 0 Å². The molecule has 9 nitrogen and oxygen atoms in total. The van der Waals surface area contributed by atoms with Crippen molar-refractivity contribution in [1.82, 2.24) is 20.2 Å². The van der Waals surface area contributed by atoms with E-state index >= 15 is 0 Å². The van der Waals surface area contributed by atoms with Gasteiger partial charge >= 0.3 is 6.03 Å². The molecule has 2 aromatic carbocycles. The van der Waals surface area contributed by atoms with E-state index in [9.17, 15) is 19.1 Å². The third kappa shape index (κ3) is 5.37. The zero-order valence-electron chi connectivity index (χ0n) is 19.6. The second-order valence-electron chi connectivity index (χ2n) is 8.80. The van der Waals surface area contributed by atoms with Gasteiger partial charge in [0.05, 0.1) is 18.5 Å². The number of aromatic nitrogens is 2. The second-order valence-corrected chi connectivity index (χ2v) is 10.0. The van der Waals surface area contributed by atoms with Crippen molar-refractivity contribution in [3.63, 3.8) is 0 Å². The number of imidazole rings is 1. The van der Waals surface area contributed by atoms with Crippen LogP contribution >= 0.6 is 22.6 Å². The lowest BCUT2D eigenvalue weighted by Gasteiger charge is -2.27. The minimum atomic E-state index is -0.994. The van der Waals surface area contributed by atoms with Gasteiger partial charge < -0.3 is 25.3 Å². The molecular formula is C25H26FIN4O5. The van der Waals surface area contributed by atoms with E-state index in [0.717, 1.165) is 8.47 Å². The quantitative estimate of drug-likeness (QED) is 0.218. The van der Waals surface area contributed by atoms with Gasteiger partial charge in [0.1, 0.15) is 42.2 Å². The highest BCUT2D eigenvalue weighted by atomic mass is 127. The molecule has 0 bridgehead atoms. The molecule has 3 atom stereocenters. The zero-order valence-corrected chi connectivity index (χ0v) is 21.8. The molecule has 1 unspecified atom stereocenters. The number of amides is 3. The molecule has 0 aliphatic carbocycles. The molecule has 2 heterocycles. The topological polar surface area (TPSA) is 128 Å². The molecule has 1 fully saturated rings. The SMILES string of the molecule is CC(C)[C@H](c1ncc(-c2ccc(I)cc2F)[nH]1)N1C(=O)NC(c2ccc(OC[C@H](O)CO)cc2)C1=O. The van der Waals surface area contributed by atoms with Gasteiger partial charge in [0.2, 0.25) is 0 Å². The summed E-state index contributed by atoms with van der Waals surface area (Å²) in [6, 6.07) is 9.28. The van der Waals surface area contributed by atoms with Gasteiger partial charge in [-0.05, 0) is 64.4 Å². The molecule has 1 saturated heterocycles. The van der Waals surface area contributed by atoms with E-state index in [1.54, 1.807) is 36.4 Å². The normalized spacial score (nSPS) is 17.4. The predicted molar refractivity (Wildman–Crippen MR) is 137 cm³/mol. The Morgan fingerprint density at radius 2 is 1.92 bits per heavy atom. The Bertz CT molecular complexity index is 1250.